The van der Waals surface area contributed by atoms with Crippen molar-refractivity contribution < 1.29 is 0 Å². The van der Waals surface area contributed by atoms with Crippen LogP contribution in [0.5, 0.6) is 0 Å². The Morgan fingerprint density at radius 1 is 1.50 bits per heavy atom. The second kappa shape index (κ2) is 5.76. The highest BCUT2D eigenvalue weighted by atomic mass is 35.5. The van der Waals surface area contributed by atoms with Crippen LogP contribution in [0, 0.1) is 0 Å². The third-order valence-electron chi connectivity index (χ3n) is 3.33. The van der Waals surface area contributed by atoms with E-state index in [2.05, 4.69) is 17.1 Å². The molecule has 1 aliphatic rings. The van der Waals surface area contributed by atoms with E-state index in [0.29, 0.717) is 11.1 Å². The third-order valence-corrected chi connectivity index (χ3v) is 3.67. The predicted octanol–water partition coefficient (Wildman–Crippen LogP) is 3.37. The normalized spacial score (nSPS) is 19.7. The molecular formula is C13H18ClN3S. The van der Waals surface area contributed by atoms with Crippen LogP contribution in [-0.4, -0.2) is 17.7 Å². The minimum Gasteiger partial charge on any atom is -0.376 e. The fourth-order valence-corrected chi connectivity index (χ4v) is 2.73. The lowest BCUT2D eigenvalue weighted by Gasteiger charge is -2.36. The molecule has 3 N–H and O–H groups in total. The lowest BCUT2D eigenvalue weighted by Crippen LogP contribution is -2.38. The maximum atomic E-state index is 6.03. The summed E-state index contributed by atoms with van der Waals surface area (Å²) in [5.74, 6) is 0. The van der Waals surface area contributed by atoms with Crippen LogP contribution in [0.1, 0.15) is 26.2 Å². The molecular weight excluding hydrogens is 266 g/mol. The van der Waals surface area contributed by atoms with Gasteiger partial charge in [0.1, 0.15) is 0 Å². The number of hydrogen-bond acceptors (Lipinski definition) is 2. The fourth-order valence-electron chi connectivity index (χ4n) is 2.45. The van der Waals surface area contributed by atoms with Crippen LogP contribution in [0.2, 0.25) is 5.02 Å². The number of nitrogens with two attached hydrogens (primary N) is 1. The summed E-state index contributed by atoms with van der Waals surface area (Å²) in [6, 6.07) is 6.34. The molecule has 1 aromatic rings. The molecule has 98 valence electrons. The van der Waals surface area contributed by atoms with E-state index in [4.69, 9.17) is 29.6 Å². The van der Waals surface area contributed by atoms with Gasteiger partial charge in [-0.3, -0.25) is 0 Å². The molecule has 1 unspecified atom stereocenters. The topological polar surface area (TPSA) is 41.3 Å². The first-order chi connectivity index (χ1) is 8.58. The van der Waals surface area contributed by atoms with Gasteiger partial charge in [0.05, 0.1) is 11.4 Å². The minimum atomic E-state index is 0.267. The summed E-state index contributed by atoms with van der Waals surface area (Å²) in [6.45, 7) is 3.31. The Morgan fingerprint density at radius 3 is 2.94 bits per heavy atom. The van der Waals surface area contributed by atoms with Crippen molar-refractivity contribution in [2.24, 2.45) is 5.73 Å². The molecule has 0 aliphatic carbocycles. The Balaban J connectivity index is 2.32. The van der Waals surface area contributed by atoms with Crippen LogP contribution in [0.4, 0.5) is 11.4 Å². The second-order valence-corrected chi connectivity index (χ2v) is 5.57. The molecule has 0 saturated carbocycles. The number of thiocarbonyl (C=S) groups is 1. The molecule has 2 rings (SSSR count). The Labute approximate surface area is 118 Å². The zero-order valence-electron chi connectivity index (χ0n) is 10.4. The molecule has 0 bridgehead atoms. The van der Waals surface area contributed by atoms with E-state index < -0.39 is 0 Å². The first kappa shape index (κ1) is 13.4. The number of anilines is 2. The standard InChI is InChI=1S/C13H18ClN3S/c1-9-4-2-3-7-17(9)12-6-5-10(14)8-11(12)16-13(15)18/h5-6,8-9H,2-4,7H2,1H3,(H3,15,16,18). The first-order valence-electron chi connectivity index (χ1n) is 6.20. The van der Waals surface area contributed by atoms with Gasteiger partial charge in [0.15, 0.2) is 5.11 Å². The van der Waals surface area contributed by atoms with Crippen molar-refractivity contribution in [3.63, 3.8) is 0 Å². The van der Waals surface area contributed by atoms with Gasteiger partial charge < -0.3 is 16.0 Å². The van der Waals surface area contributed by atoms with Crippen molar-refractivity contribution in [3.8, 4) is 0 Å². The predicted molar refractivity (Wildman–Crippen MR) is 82.5 cm³/mol. The molecule has 3 nitrogen and oxygen atoms in total. The van der Waals surface area contributed by atoms with Crippen molar-refractivity contribution in [1.29, 1.82) is 0 Å². The lowest BCUT2D eigenvalue weighted by atomic mass is 10.0. The van der Waals surface area contributed by atoms with Crippen LogP contribution in [0.15, 0.2) is 18.2 Å². The summed E-state index contributed by atoms with van der Waals surface area (Å²) >= 11 is 10.9. The van der Waals surface area contributed by atoms with Crippen LogP contribution in [0.25, 0.3) is 0 Å². The molecule has 0 amide bonds. The largest absolute Gasteiger partial charge is 0.376 e. The van der Waals surface area contributed by atoms with Gasteiger partial charge in [-0.25, -0.2) is 0 Å². The highest BCUT2D eigenvalue weighted by molar-refractivity contribution is 7.80. The van der Waals surface area contributed by atoms with E-state index in [0.717, 1.165) is 17.9 Å². The highest BCUT2D eigenvalue weighted by Gasteiger charge is 2.21. The minimum absolute atomic E-state index is 0.267. The van der Waals surface area contributed by atoms with Crippen LogP contribution >= 0.6 is 23.8 Å². The Kier molecular flexibility index (Phi) is 4.30. The summed E-state index contributed by atoms with van der Waals surface area (Å²) in [5.41, 5.74) is 7.58. The molecule has 5 heteroatoms. The number of rotatable bonds is 2. The number of halogens is 1. The van der Waals surface area contributed by atoms with Crippen molar-refractivity contribution in [2.45, 2.75) is 32.2 Å². The van der Waals surface area contributed by atoms with Crippen LogP contribution in [0.3, 0.4) is 0 Å². The molecule has 1 heterocycles. The molecule has 0 aromatic heterocycles. The Bertz CT molecular complexity index is 450. The van der Waals surface area contributed by atoms with E-state index >= 15 is 0 Å². The molecule has 1 saturated heterocycles. The van der Waals surface area contributed by atoms with Gasteiger partial charge in [0.25, 0.3) is 0 Å². The first-order valence-corrected chi connectivity index (χ1v) is 6.99. The zero-order chi connectivity index (χ0) is 13.1. The number of nitrogens with one attached hydrogen (secondary N) is 1. The van der Waals surface area contributed by atoms with Crippen molar-refractivity contribution in [1.82, 2.24) is 0 Å². The average molecular weight is 284 g/mol. The molecule has 18 heavy (non-hydrogen) atoms. The molecule has 0 spiro atoms. The summed E-state index contributed by atoms with van der Waals surface area (Å²) < 4.78 is 0. The summed E-state index contributed by atoms with van der Waals surface area (Å²) in [5, 5.41) is 3.96. The van der Waals surface area contributed by atoms with E-state index in [-0.39, 0.29) is 5.11 Å². The van der Waals surface area contributed by atoms with Gasteiger partial charge >= 0.3 is 0 Å². The maximum Gasteiger partial charge on any atom is 0.168 e. The molecule has 1 aliphatic heterocycles. The lowest BCUT2D eigenvalue weighted by molar-refractivity contribution is 0.485. The van der Waals surface area contributed by atoms with Gasteiger partial charge in [-0.05, 0) is 56.6 Å². The average Bonchev–Trinajstić information content (AvgIpc) is 2.30. The molecule has 1 aromatic carbocycles. The van der Waals surface area contributed by atoms with Crippen LogP contribution < -0.4 is 16.0 Å². The van der Waals surface area contributed by atoms with Gasteiger partial charge in [0.2, 0.25) is 0 Å². The molecule has 1 fully saturated rings. The quantitative estimate of drug-likeness (QED) is 0.817. The van der Waals surface area contributed by atoms with Gasteiger partial charge in [-0.2, -0.15) is 0 Å². The second-order valence-electron chi connectivity index (χ2n) is 4.69. The SMILES string of the molecule is CC1CCCCN1c1ccc(Cl)cc1NC(N)=S. The van der Waals surface area contributed by atoms with Gasteiger partial charge in [-0.15, -0.1) is 0 Å². The smallest absolute Gasteiger partial charge is 0.168 e. The van der Waals surface area contributed by atoms with E-state index in [1.54, 1.807) is 0 Å². The van der Waals surface area contributed by atoms with E-state index in [9.17, 15) is 0 Å². The van der Waals surface area contributed by atoms with E-state index in [1.807, 2.05) is 18.2 Å². The third kappa shape index (κ3) is 3.06. The number of nitrogens with zero attached hydrogens (tertiary/aromatic N) is 1. The molecule has 0 radical (unpaired) electrons. The maximum absolute atomic E-state index is 6.03. The number of hydrogen-bond donors (Lipinski definition) is 2. The van der Waals surface area contributed by atoms with Gasteiger partial charge in [-0.1, -0.05) is 11.6 Å². The zero-order valence-corrected chi connectivity index (χ0v) is 12.0. The van der Waals surface area contributed by atoms with Crippen molar-refractivity contribution >= 4 is 40.3 Å². The highest BCUT2D eigenvalue weighted by Crippen LogP contribution is 2.33. The van der Waals surface area contributed by atoms with Crippen LogP contribution in [-0.2, 0) is 0 Å². The molecule has 1 atom stereocenters. The number of piperidine rings is 1. The summed E-state index contributed by atoms with van der Waals surface area (Å²) in [6.07, 6.45) is 3.73. The Morgan fingerprint density at radius 2 is 2.28 bits per heavy atom. The summed E-state index contributed by atoms with van der Waals surface area (Å²) in [4.78, 5) is 2.39. The monoisotopic (exact) mass is 283 g/mol. The summed E-state index contributed by atoms with van der Waals surface area (Å²) in [7, 11) is 0. The Hall–Kier alpha value is -1.00. The van der Waals surface area contributed by atoms with Crippen molar-refractivity contribution in [2.75, 3.05) is 16.8 Å². The van der Waals surface area contributed by atoms with Gasteiger partial charge in [0, 0.05) is 17.6 Å². The van der Waals surface area contributed by atoms with Crippen molar-refractivity contribution in [3.05, 3.63) is 23.2 Å². The fraction of sp³-hybridized carbons (Fsp3) is 0.462. The number of benzene rings is 1. The van der Waals surface area contributed by atoms with E-state index in [1.165, 1.54) is 19.3 Å².